The monoisotopic (exact) mass is 282 g/mol. The molecule has 106 valence electrons. The average Bonchev–Trinajstić information content (AvgIpc) is 3.28. The number of thiocarbonyl (C=S) groups is 1. The van der Waals surface area contributed by atoms with Crippen LogP contribution in [-0.2, 0) is 9.53 Å². The summed E-state index contributed by atoms with van der Waals surface area (Å²) < 4.78 is 5.34. The van der Waals surface area contributed by atoms with Crippen LogP contribution >= 0.6 is 12.2 Å². The van der Waals surface area contributed by atoms with Gasteiger partial charge in [-0.2, -0.15) is 0 Å². The summed E-state index contributed by atoms with van der Waals surface area (Å²) in [4.78, 5) is 12.9. The molecule has 3 rings (SSSR count). The van der Waals surface area contributed by atoms with E-state index in [4.69, 9.17) is 22.7 Å². The lowest BCUT2D eigenvalue weighted by molar-refractivity contribution is -0.131. The first-order chi connectivity index (χ1) is 9.09. The highest BCUT2D eigenvalue weighted by Crippen LogP contribution is 2.60. The summed E-state index contributed by atoms with van der Waals surface area (Å²) in [7, 11) is 0. The van der Waals surface area contributed by atoms with Gasteiger partial charge in [0.05, 0.1) is 4.99 Å². The summed E-state index contributed by atoms with van der Waals surface area (Å²) in [6, 6.07) is 0. The molecule has 0 bridgehead atoms. The molecule has 0 unspecified atom stereocenters. The maximum absolute atomic E-state index is 12.5. The number of hydrogen-bond acceptors (Lipinski definition) is 3. The Balaban J connectivity index is 1.62. The molecule has 0 aromatic carbocycles. The Bertz CT molecular complexity index is 396. The summed E-state index contributed by atoms with van der Waals surface area (Å²) in [5.74, 6) is 0.874. The second-order valence-corrected chi connectivity index (χ2v) is 6.82. The van der Waals surface area contributed by atoms with E-state index in [1.165, 1.54) is 25.7 Å². The number of hydrogen-bond donors (Lipinski definition) is 2. The molecule has 2 saturated carbocycles. The summed E-state index contributed by atoms with van der Waals surface area (Å²) in [6.45, 7) is 1.94. The number of carbonyl (C=O) groups is 1. The first kappa shape index (κ1) is 13.3. The Hall–Kier alpha value is -0.680. The van der Waals surface area contributed by atoms with E-state index < -0.39 is 5.41 Å². The molecule has 5 heteroatoms. The molecule has 0 aromatic heterocycles. The fraction of sp³-hybridized carbons (Fsp3) is 0.857. The molecule has 19 heavy (non-hydrogen) atoms. The van der Waals surface area contributed by atoms with Crippen LogP contribution in [0.3, 0.4) is 0 Å². The lowest BCUT2D eigenvalue weighted by Gasteiger charge is -2.35. The van der Waals surface area contributed by atoms with E-state index in [9.17, 15) is 4.79 Å². The van der Waals surface area contributed by atoms with Gasteiger partial charge in [-0.25, -0.2) is 0 Å². The van der Waals surface area contributed by atoms with Gasteiger partial charge >= 0.3 is 0 Å². The van der Waals surface area contributed by atoms with Crippen molar-refractivity contribution in [2.45, 2.75) is 38.5 Å². The Morgan fingerprint density at radius 3 is 2.37 bits per heavy atom. The number of carbonyl (C=O) groups excluding carboxylic acids is 1. The van der Waals surface area contributed by atoms with Crippen molar-refractivity contribution in [2.75, 3.05) is 19.8 Å². The van der Waals surface area contributed by atoms with E-state index >= 15 is 0 Å². The maximum Gasteiger partial charge on any atom is 0.233 e. The highest BCUT2D eigenvalue weighted by Gasteiger charge is 2.54. The van der Waals surface area contributed by atoms with E-state index in [1.54, 1.807) is 0 Å². The van der Waals surface area contributed by atoms with E-state index in [1.807, 2.05) is 0 Å². The zero-order chi connectivity index (χ0) is 13.5. The molecular weight excluding hydrogens is 260 g/mol. The topological polar surface area (TPSA) is 64.4 Å². The van der Waals surface area contributed by atoms with Crippen molar-refractivity contribution >= 4 is 23.1 Å². The molecule has 0 aromatic rings. The van der Waals surface area contributed by atoms with Crippen LogP contribution in [-0.4, -0.2) is 30.7 Å². The summed E-state index contributed by atoms with van der Waals surface area (Å²) in [6.07, 6.45) is 6.44. The smallest absolute Gasteiger partial charge is 0.233 e. The van der Waals surface area contributed by atoms with Crippen LogP contribution in [0.25, 0.3) is 0 Å². The minimum Gasteiger partial charge on any atom is -0.392 e. The third-order valence-electron chi connectivity index (χ3n) is 5.19. The predicted molar refractivity (Wildman–Crippen MR) is 76.7 cm³/mol. The Labute approximate surface area is 119 Å². The van der Waals surface area contributed by atoms with Gasteiger partial charge in [0.15, 0.2) is 0 Å². The molecule has 4 nitrogen and oxygen atoms in total. The van der Waals surface area contributed by atoms with Crippen LogP contribution < -0.4 is 11.1 Å². The summed E-state index contributed by atoms with van der Waals surface area (Å²) >= 11 is 5.15. The largest absolute Gasteiger partial charge is 0.392 e. The lowest BCUT2D eigenvalue weighted by Crippen LogP contribution is -2.52. The van der Waals surface area contributed by atoms with Gasteiger partial charge in [-0.1, -0.05) is 12.2 Å². The van der Waals surface area contributed by atoms with Gasteiger partial charge < -0.3 is 15.8 Å². The van der Waals surface area contributed by atoms with Crippen molar-refractivity contribution in [3.05, 3.63) is 0 Å². The average molecular weight is 282 g/mol. The molecule has 3 aliphatic rings. The van der Waals surface area contributed by atoms with Gasteiger partial charge in [0.25, 0.3) is 0 Å². The number of amides is 1. The molecule has 1 amide bonds. The van der Waals surface area contributed by atoms with Gasteiger partial charge in [0.2, 0.25) is 5.91 Å². The Morgan fingerprint density at radius 1 is 1.26 bits per heavy atom. The van der Waals surface area contributed by atoms with Gasteiger partial charge in [0, 0.05) is 19.8 Å². The Kier molecular flexibility index (Phi) is 3.29. The molecule has 3 N–H and O–H groups in total. The molecule has 1 heterocycles. The molecule has 0 radical (unpaired) electrons. The SMILES string of the molecule is NC(=S)C1(C(=O)NCC2(C3CC3)CC2)CCOCC1. The standard InChI is InChI=1S/C14H22N2O2S/c15-11(19)14(5-7-18-8-6-14)12(17)16-9-13(3-4-13)10-1-2-10/h10H,1-9H2,(H2,15,19)(H,16,17). The van der Waals surface area contributed by atoms with Crippen LogP contribution in [0.2, 0.25) is 0 Å². The van der Waals surface area contributed by atoms with Gasteiger partial charge in [-0.15, -0.1) is 0 Å². The van der Waals surface area contributed by atoms with E-state index in [0.717, 1.165) is 12.5 Å². The molecular formula is C14H22N2O2S. The first-order valence-corrected chi connectivity index (χ1v) is 7.66. The number of nitrogens with two attached hydrogens (primary N) is 1. The Morgan fingerprint density at radius 2 is 1.89 bits per heavy atom. The van der Waals surface area contributed by atoms with Gasteiger partial charge in [-0.3, -0.25) is 4.79 Å². The van der Waals surface area contributed by atoms with Crippen LogP contribution in [0.5, 0.6) is 0 Å². The normalized spacial score (nSPS) is 27.6. The fourth-order valence-corrected chi connectivity index (χ4v) is 3.61. The number of nitrogens with one attached hydrogen (secondary N) is 1. The number of rotatable bonds is 5. The van der Waals surface area contributed by atoms with Crippen molar-refractivity contribution in [2.24, 2.45) is 22.5 Å². The van der Waals surface area contributed by atoms with Crippen LogP contribution in [0.15, 0.2) is 0 Å². The molecule has 1 saturated heterocycles. The molecule has 1 aliphatic heterocycles. The minimum absolute atomic E-state index is 0.0234. The second kappa shape index (κ2) is 4.70. The quantitative estimate of drug-likeness (QED) is 0.748. The third kappa shape index (κ3) is 2.38. The fourth-order valence-electron chi connectivity index (χ4n) is 3.32. The highest BCUT2D eigenvalue weighted by molar-refractivity contribution is 7.80. The predicted octanol–water partition coefficient (Wildman–Crippen LogP) is 1.38. The van der Waals surface area contributed by atoms with Crippen LogP contribution in [0, 0.1) is 16.7 Å². The summed E-state index contributed by atoms with van der Waals surface area (Å²) in [5, 5.41) is 3.14. The van der Waals surface area contributed by atoms with Crippen molar-refractivity contribution in [3.8, 4) is 0 Å². The van der Waals surface area contributed by atoms with E-state index in [0.29, 0.717) is 36.5 Å². The second-order valence-electron chi connectivity index (χ2n) is 6.38. The van der Waals surface area contributed by atoms with E-state index in [-0.39, 0.29) is 5.91 Å². The van der Waals surface area contributed by atoms with Crippen molar-refractivity contribution < 1.29 is 9.53 Å². The zero-order valence-corrected chi connectivity index (χ0v) is 12.1. The lowest BCUT2D eigenvalue weighted by atomic mass is 9.79. The summed E-state index contributed by atoms with van der Waals surface area (Å²) in [5.41, 5.74) is 5.59. The molecule has 0 atom stereocenters. The van der Waals surface area contributed by atoms with E-state index in [2.05, 4.69) is 5.32 Å². The highest BCUT2D eigenvalue weighted by atomic mass is 32.1. The van der Waals surface area contributed by atoms with Gasteiger partial charge in [-0.05, 0) is 49.9 Å². The van der Waals surface area contributed by atoms with Crippen LogP contribution in [0.1, 0.15) is 38.5 Å². The molecule has 0 spiro atoms. The van der Waals surface area contributed by atoms with Crippen molar-refractivity contribution in [1.29, 1.82) is 0 Å². The van der Waals surface area contributed by atoms with Crippen molar-refractivity contribution in [3.63, 3.8) is 0 Å². The maximum atomic E-state index is 12.5. The molecule has 2 aliphatic carbocycles. The van der Waals surface area contributed by atoms with Crippen LogP contribution in [0.4, 0.5) is 0 Å². The third-order valence-corrected chi connectivity index (χ3v) is 5.58. The van der Waals surface area contributed by atoms with Crippen molar-refractivity contribution in [1.82, 2.24) is 5.32 Å². The number of ether oxygens (including phenoxy) is 1. The van der Waals surface area contributed by atoms with Gasteiger partial charge in [0.1, 0.15) is 5.41 Å². The zero-order valence-electron chi connectivity index (χ0n) is 11.2. The first-order valence-electron chi connectivity index (χ1n) is 7.25. The minimum atomic E-state index is -0.673. The molecule has 3 fully saturated rings.